The maximum Gasteiger partial charge on any atom is 0.503 e. The zero-order valence-electron chi connectivity index (χ0n) is 11.3. The lowest BCUT2D eigenvalue weighted by Gasteiger charge is -2.37. The van der Waals surface area contributed by atoms with Gasteiger partial charge in [0.05, 0.1) is 11.8 Å². The second-order valence-electron chi connectivity index (χ2n) is 5.51. The van der Waals surface area contributed by atoms with Crippen molar-refractivity contribution in [3.63, 3.8) is 0 Å². The van der Waals surface area contributed by atoms with E-state index in [4.69, 9.17) is 18.0 Å². The molecule has 0 unspecified atom stereocenters. The van der Waals surface area contributed by atoms with Crippen LogP contribution < -0.4 is 0 Å². The Labute approximate surface area is 112 Å². The number of cyclic esters (lactones) is 2. The molecule has 3 aliphatic rings. The van der Waals surface area contributed by atoms with Crippen LogP contribution >= 0.6 is 0 Å². The van der Waals surface area contributed by atoms with Gasteiger partial charge in [-0.05, 0) is 24.7 Å². The van der Waals surface area contributed by atoms with Crippen LogP contribution in [-0.4, -0.2) is 42.1 Å². The molecule has 1 saturated heterocycles. The summed E-state index contributed by atoms with van der Waals surface area (Å²) in [5, 5.41) is 0. The fourth-order valence-electron chi connectivity index (χ4n) is 4.37. The Morgan fingerprint density at radius 3 is 2.16 bits per heavy atom. The van der Waals surface area contributed by atoms with Gasteiger partial charge < -0.3 is 18.0 Å². The minimum Gasteiger partial charge on any atom is -0.393 e. The van der Waals surface area contributed by atoms with Gasteiger partial charge in [-0.3, -0.25) is 9.59 Å². The van der Waals surface area contributed by atoms with Crippen molar-refractivity contribution in [2.24, 2.45) is 23.7 Å². The number of carbonyl (C=O) groups excluding carboxylic acids is 2. The molecule has 2 saturated carbocycles. The quantitative estimate of drug-likeness (QED) is 0.428. The average Bonchev–Trinajstić information content (AvgIpc) is 3.06. The van der Waals surface area contributed by atoms with E-state index in [2.05, 4.69) is 0 Å². The van der Waals surface area contributed by atoms with E-state index >= 15 is 0 Å². The molecular weight excluding hydrogens is 268 g/mol. The lowest BCUT2D eigenvalue weighted by molar-refractivity contribution is -0.154. The number of hydrogen-bond acceptors (Lipinski definition) is 6. The molecule has 1 aliphatic heterocycles. The summed E-state index contributed by atoms with van der Waals surface area (Å²) in [6, 6.07) is 0. The third-order valence-corrected chi connectivity index (χ3v) is 8.34. The minimum atomic E-state index is -2.77. The molecule has 3 fully saturated rings. The first-order chi connectivity index (χ1) is 9.07. The van der Waals surface area contributed by atoms with Crippen molar-refractivity contribution < 1.29 is 27.6 Å². The van der Waals surface area contributed by atoms with Crippen LogP contribution in [0.1, 0.15) is 12.8 Å². The fraction of sp³-hybridized carbons (Fsp3) is 0.833. The SMILES string of the molecule is CO[Si](OC)(OC)[C@H]1C[C@@H]2C[C@@H]1[C@H]1C(=O)OC(=O)[C@@H]21. The maximum absolute atomic E-state index is 11.8. The van der Waals surface area contributed by atoms with Crippen LogP contribution in [-0.2, 0) is 27.6 Å². The summed E-state index contributed by atoms with van der Waals surface area (Å²) < 4.78 is 21.4. The molecule has 0 aromatic rings. The van der Waals surface area contributed by atoms with E-state index in [0.717, 1.165) is 12.8 Å². The Kier molecular flexibility index (Phi) is 3.04. The molecule has 7 heteroatoms. The Bertz CT molecular complexity index is 412. The van der Waals surface area contributed by atoms with Gasteiger partial charge in [-0.15, -0.1) is 0 Å². The van der Waals surface area contributed by atoms with E-state index in [0.29, 0.717) is 0 Å². The summed E-state index contributed by atoms with van der Waals surface area (Å²) >= 11 is 0. The molecule has 2 aliphatic carbocycles. The topological polar surface area (TPSA) is 71.1 Å². The predicted octanol–water partition coefficient (Wildman–Crippen LogP) is 0.590. The molecule has 3 rings (SSSR count). The van der Waals surface area contributed by atoms with Crippen LogP contribution in [0.4, 0.5) is 0 Å². The van der Waals surface area contributed by atoms with Crippen LogP contribution in [0.2, 0.25) is 5.54 Å². The highest BCUT2D eigenvalue weighted by molar-refractivity contribution is 6.62. The highest BCUT2D eigenvalue weighted by Crippen LogP contribution is 2.63. The third kappa shape index (κ3) is 1.59. The van der Waals surface area contributed by atoms with Gasteiger partial charge in [-0.1, -0.05) is 0 Å². The second kappa shape index (κ2) is 4.37. The van der Waals surface area contributed by atoms with Gasteiger partial charge in [-0.25, -0.2) is 0 Å². The van der Waals surface area contributed by atoms with Crippen molar-refractivity contribution in [3.05, 3.63) is 0 Å². The van der Waals surface area contributed by atoms with Crippen molar-refractivity contribution in [2.75, 3.05) is 21.3 Å². The number of ether oxygens (including phenoxy) is 1. The summed E-state index contributed by atoms with van der Waals surface area (Å²) in [5.74, 6) is -1.000. The number of esters is 2. The summed E-state index contributed by atoms with van der Waals surface area (Å²) in [6.45, 7) is 0. The molecule has 1 heterocycles. The molecule has 0 radical (unpaired) electrons. The van der Waals surface area contributed by atoms with Crippen LogP contribution in [0.15, 0.2) is 0 Å². The Morgan fingerprint density at radius 2 is 1.58 bits per heavy atom. The molecule has 0 aromatic heterocycles. The van der Waals surface area contributed by atoms with Gasteiger partial charge in [0.25, 0.3) is 0 Å². The van der Waals surface area contributed by atoms with Gasteiger partial charge in [0, 0.05) is 26.9 Å². The van der Waals surface area contributed by atoms with Crippen molar-refractivity contribution in [1.29, 1.82) is 0 Å². The largest absolute Gasteiger partial charge is 0.503 e. The normalized spacial score (nSPS) is 40.7. The molecule has 19 heavy (non-hydrogen) atoms. The molecular formula is C12H18O6Si. The summed E-state index contributed by atoms with van der Waals surface area (Å²) in [7, 11) is 1.98. The van der Waals surface area contributed by atoms with E-state index in [-0.39, 0.29) is 41.2 Å². The van der Waals surface area contributed by atoms with Crippen LogP contribution in [0.3, 0.4) is 0 Å². The van der Waals surface area contributed by atoms with Crippen LogP contribution in [0.5, 0.6) is 0 Å². The van der Waals surface area contributed by atoms with Crippen molar-refractivity contribution in [3.8, 4) is 0 Å². The first-order valence-electron chi connectivity index (χ1n) is 6.49. The van der Waals surface area contributed by atoms with E-state index in [1.54, 1.807) is 21.3 Å². The summed E-state index contributed by atoms with van der Waals surface area (Å²) in [5.41, 5.74) is 0.0807. The first kappa shape index (κ1) is 13.2. The summed E-state index contributed by atoms with van der Waals surface area (Å²) in [6.07, 6.45) is 1.68. The molecule has 0 amide bonds. The standard InChI is InChI=1S/C12H18O6Si/c1-15-19(16-2,17-3)8-5-6-4-7(8)10-9(6)11(13)18-12(10)14/h6-10H,4-5H2,1-3H3/t6-,7-,8-,9-,10+/m0/s1. The van der Waals surface area contributed by atoms with E-state index in [1.807, 2.05) is 0 Å². The Morgan fingerprint density at radius 1 is 1.00 bits per heavy atom. The van der Waals surface area contributed by atoms with Gasteiger partial charge in [-0.2, -0.15) is 0 Å². The average molecular weight is 286 g/mol. The van der Waals surface area contributed by atoms with Gasteiger partial charge >= 0.3 is 20.7 Å². The molecule has 106 valence electrons. The molecule has 6 nitrogen and oxygen atoms in total. The van der Waals surface area contributed by atoms with E-state index in [1.165, 1.54) is 0 Å². The summed E-state index contributed by atoms with van der Waals surface area (Å²) in [4.78, 5) is 23.5. The molecule has 0 aromatic carbocycles. The van der Waals surface area contributed by atoms with Crippen LogP contribution in [0, 0.1) is 23.7 Å². The first-order valence-corrected chi connectivity index (χ1v) is 8.29. The zero-order chi connectivity index (χ0) is 13.8. The van der Waals surface area contributed by atoms with Crippen molar-refractivity contribution in [2.45, 2.75) is 18.4 Å². The van der Waals surface area contributed by atoms with Crippen molar-refractivity contribution >= 4 is 20.7 Å². The number of rotatable bonds is 4. The van der Waals surface area contributed by atoms with E-state index < -0.39 is 8.80 Å². The molecule has 2 bridgehead atoms. The van der Waals surface area contributed by atoms with Gasteiger partial charge in [0.15, 0.2) is 0 Å². The fourth-order valence-corrected chi connectivity index (χ4v) is 7.23. The molecule has 0 N–H and O–H groups in total. The number of fused-ring (bicyclic) bond motifs is 5. The van der Waals surface area contributed by atoms with Gasteiger partial charge in [0.1, 0.15) is 0 Å². The van der Waals surface area contributed by atoms with Crippen LogP contribution in [0.25, 0.3) is 0 Å². The lowest BCUT2D eigenvalue weighted by atomic mass is 9.81. The number of carbonyl (C=O) groups is 2. The van der Waals surface area contributed by atoms with Crippen molar-refractivity contribution in [1.82, 2.24) is 0 Å². The highest BCUT2D eigenvalue weighted by Gasteiger charge is 2.68. The number of hydrogen-bond donors (Lipinski definition) is 0. The molecule has 0 spiro atoms. The zero-order valence-corrected chi connectivity index (χ0v) is 12.3. The predicted molar refractivity (Wildman–Crippen MR) is 64.8 cm³/mol. The lowest BCUT2D eigenvalue weighted by Crippen LogP contribution is -2.51. The Balaban J connectivity index is 1.90. The third-order valence-electron chi connectivity index (χ3n) is 5.06. The van der Waals surface area contributed by atoms with E-state index in [9.17, 15) is 9.59 Å². The molecule has 5 atom stereocenters. The smallest absolute Gasteiger partial charge is 0.393 e. The monoisotopic (exact) mass is 286 g/mol. The maximum atomic E-state index is 11.8. The highest BCUT2D eigenvalue weighted by atomic mass is 28.4. The Hall–Kier alpha value is -0.763. The minimum absolute atomic E-state index is 0.0807. The second-order valence-corrected chi connectivity index (χ2v) is 8.68. The van der Waals surface area contributed by atoms with Gasteiger partial charge in [0.2, 0.25) is 0 Å².